The van der Waals surface area contributed by atoms with Gasteiger partial charge in [-0.25, -0.2) is 14.7 Å². The molecule has 1 aromatic rings. The van der Waals surface area contributed by atoms with Gasteiger partial charge in [-0.15, -0.1) is 5.10 Å². The molecular weight excluding hydrogens is 254 g/mol. The van der Waals surface area contributed by atoms with Crippen LogP contribution in [0.5, 0.6) is 0 Å². The van der Waals surface area contributed by atoms with Gasteiger partial charge >= 0.3 is 11.8 Å². The molecule has 9 nitrogen and oxygen atoms in total. The highest BCUT2D eigenvalue weighted by Crippen LogP contribution is 2.05. The largest absolute Gasteiger partial charge is 0.444 e. The molecule has 4 N–H and O–H groups in total. The summed E-state index contributed by atoms with van der Waals surface area (Å²) < 4.78 is 5.02. The molecule has 0 aromatic carbocycles. The van der Waals surface area contributed by atoms with Gasteiger partial charge in [0, 0.05) is 13.1 Å². The van der Waals surface area contributed by atoms with Crippen LogP contribution in [0.25, 0.3) is 0 Å². The van der Waals surface area contributed by atoms with E-state index in [4.69, 9.17) is 4.74 Å². The van der Waals surface area contributed by atoms with Crippen molar-refractivity contribution in [1.82, 2.24) is 20.5 Å². The quantitative estimate of drug-likeness (QED) is 0.541. The summed E-state index contributed by atoms with van der Waals surface area (Å²) in [5.41, 5.74) is -1.86. The van der Waals surface area contributed by atoms with Crippen molar-refractivity contribution in [2.24, 2.45) is 0 Å². The Bertz CT molecular complexity index is 542. The third-order valence-corrected chi connectivity index (χ3v) is 1.80. The maximum atomic E-state index is 11.3. The van der Waals surface area contributed by atoms with Crippen LogP contribution in [0.15, 0.2) is 9.59 Å². The molecule has 0 fully saturated rings. The van der Waals surface area contributed by atoms with Crippen molar-refractivity contribution in [1.29, 1.82) is 0 Å². The topological polar surface area (TPSA) is 129 Å². The molecule has 1 amide bonds. The summed E-state index contributed by atoms with van der Waals surface area (Å²) in [6.45, 7) is 5.79. The zero-order valence-electron chi connectivity index (χ0n) is 11.0. The average Bonchev–Trinajstić information content (AvgIpc) is 2.24. The Morgan fingerprint density at radius 1 is 1.32 bits per heavy atom. The molecule has 0 saturated carbocycles. The van der Waals surface area contributed by atoms with E-state index in [-0.39, 0.29) is 18.9 Å². The number of aromatic amines is 2. The summed E-state index contributed by atoms with van der Waals surface area (Å²) in [7, 11) is 0. The van der Waals surface area contributed by atoms with Crippen LogP contribution in [-0.2, 0) is 4.74 Å². The van der Waals surface area contributed by atoms with E-state index in [1.807, 2.05) is 4.98 Å². The molecule has 0 aliphatic heterocycles. The average molecular weight is 271 g/mol. The number of alkyl carbamates (subject to hydrolysis) is 1. The van der Waals surface area contributed by atoms with E-state index in [9.17, 15) is 14.4 Å². The molecular formula is C10H17N5O4. The molecule has 1 heterocycles. The van der Waals surface area contributed by atoms with E-state index < -0.39 is 22.9 Å². The molecule has 0 radical (unpaired) electrons. The smallest absolute Gasteiger partial charge is 0.407 e. The van der Waals surface area contributed by atoms with Crippen LogP contribution in [0.1, 0.15) is 20.8 Å². The Labute approximate surface area is 108 Å². The highest BCUT2D eigenvalue weighted by molar-refractivity contribution is 5.67. The first-order valence-corrected chi connectivity index (χ1v) is 5.67. The lowest BCUT2D eigenvalue weighted by molar-refractivity contribution is 0.0530. The molecule has 0 unspecified atom stereocenters. The standard InChI is InChI=1S/C10H17N5O4/c1-10(2,3)19-9(18)12-5-4-11-6-7(16)13-8(17)15-14-6/h4-5H2,1-3H3,(H,11,14)(H,12,18)(H2,13,15,16,17). The predicted octanol–water partition coefficient (Wildman–Crippen LogP) is -0.605. The lowest BCUT2D eigenvalue weighted by Crippen LogP contribution is -2.36. The number of amides is 1. The number of H-pyrrole nitrogens is 2. The van der Waals surface area contributed by atoms with E-state index in [1.54, 1.807) is 20.8 Å². The van der Waals surface area contributed by atoms with Gasteiger partial charge in [0.15, 0.2) is 0 Å². The van der Waals surface area contributed by atoms with Gasteiger partial charge in [0.05, 0.1) is 0 Å². The monoisotopic (exact) mass is 271 g/mol. The number of hydrogen-bond donors (Lipinski definition) is 4. The van der Waals surface area contributed by atoms with Gasteiger partial charge < -0.3 is 15.4 Å². The summed E-state index contributed by atoms with van der Waals surface area (Å²) in [6, 6.07) is 0. The van der Waals surface area contributed by atoms with Crippen molar-refractivity contribution in [3.8, 4) is 0 Å². The lowest BCUT2D eigenvalue weighted by Gasteiger charge is -2.19. The minimum absolute atomic E-state index is 0.0226. The molecule has 19 heavy (non-hydrogen) atoms. The van der Waals surface area contributed by atoms with Gasteiger partial charge in [0.25, 0.3) is 5.56 Å². The third-order valence-electron chi connectivity index (χ3n) is 1.80. The van der Waals surface area contributed by atoms with E-state index in [0.29, 0.717) is 0 Å². The fraction of sp³-hybridized carbons (Fsp3) is 0.600. The first-order valence-electron chi connectivity index (χ1n) is 5.67. The Balaban J connectivity index is 2.33. The Hall–Kier alpha value is -2.32. The summed E-state index contributed by atoms with van der Waals surface area (Å²) >= 11 is 0. The van der Waals surface area contributed by atoms with Crippen molar-refractivity contribution in [2.45, 2.75) is 26.4 Å². The number of carbonyl (C=O) groups excluding carboxylic acids is 1. The van der Waals surface area contributed by atoms with Crippen molar-refractivity contribution < 1.29 is 9.53 Å². The Morgan fingerprint density at radius 3 is 2.58 bits per heavy atom. The van der Waals surface area contributed by atoms with Crippen LogP contribution in [0.4, 0.5) is 10.6 Å². The molecule has 1 aromatic heterocycles. The number of hydrogen-bond acceptors (Lipinski definition) is 6. The zero-order chi connectivity index (χ0) is 14.5. The minimum Gasteiger partial charge on any atom is -0.444 e. The molecule has 106 valence electrons. The predicted molar refractivity (Wildman–Crippen MR) is 68.2 cm³/mol. The second kappa shape index (κ2) is 6.03. The van der Waals surface area contributed by atoms with Gasteiger partial charge in [-0.2, -0.15) is 0 Å². The van der Waals surface area contributed by atoms with E-state index in [2.05, 4.69) is 20.8 Å². The molecule has 0 bridgehead atoms. The maximum absolute atomic E-state index is 11.3. The number of aromatic nitrogens is 3. The number of nitrogens with one attached hydrogen (secondary N) is 4. The van der Waals surface area contributed by atoms with Gasteiger partial charge in [0.1, 0.15) is 5.60 Å². The van der Waals surface area contributed by atoms with Gasteiger partial charge in [-0.3, -0.25) is 9.78 Å². The van der Waals surface area contributed by atoms with Crippen LogP contribution >= 0.6 is 0 Å². The number of anilines is 1. The minimum atomic E-state index is -0.678. The van der Waals surface area contributed by atoms with E-state index in [1.165, 1.54) is 0 Å². The van der Waals surface area contributed by atoms with Crippen molar-refractivity contribution in [2.75, 3.05) is 18.4 Å². The van der Waals surface area contributed by atoms with Crippen LogP contribution in [0, 0.1) is 0 Å². The van der Waals surface area contributed by atoms with Crippen LogP contribution < -0.4 is 21.9 Å². The van der Waals surface area contributed by atoms with Crippen molar-refractivity contribution in [3.05, 3.63) is 20.8 Å². The van der Waals surface area contributed by atoms with E-state index in [0.717, 1.165) is 0 Å². The fourth-order valence-corrected chi connectivity index (χ4v) is 1.13. The van der Waals surface area contributed by atoms with E-state index >= 15 is 0 Å². The number of carbonyl (C=O) groups is 1. The normalized spacial score (nSPS) is 10.9. The van der Waals surface area contributed by atoms with Crippen LogP contribution in [0.2, 0.25) is 0 Å². The third kappa shape index (κ3) is 5.70. The fourth-order valence-electron chi connectivity index (χ4n) is 1.13. The van der Waals surface area contributed by atoms with Crippen molar-refractivity contribution in [3.63, 3.8) is 0 Å². The molecule has 1 rings (SSSR count). The second-order valence-corrected chi connectivity index (χ2v) is 4.71. The van der Waals surface area contributed by atoms with Gasteiger partial charge in [-0.1, -0.05) is 0 Å². The Kier molecular flexibility index (Phi) is 4.67. The molecule has 0 spiro atoms. The lowest BCUT2D eigenvalue weighted by atomic mass is 10.2. The number of ether oxygens (including phenoxy) is 1. The summed E-state index contributed by atoms with van der Waals surface area (Å²) in [4.78, 5) is 35.3. The van der Waals surface area contributed by atoms with Gasteiger partial charge in [0.2, 0.25) is 5.82 Å². The molecule has 0 aliphatic rings. The van der Waals surface area contributed by atoms with Crippen molar-refractivity contribution >= 4 is 11.9 Å². The number of nitrogens with zero attached hydrogens (tertiary/aromatic N) is 1. The first kappa shape index (κ1) is 14.7. The first-order chi connectivity index (χ1) is 8.78. The van der Waals surface area contributed by atoms with Crippen LogP contribution in [-0.4, -0.2) is 40.0 Å². The molecule has 0 aliphatic carbocycles. The van der Waals surface area contributed by atoms with Gasteiger partial charge in [-0.05, 0) is 20.8 Å². The second-order valence-electron chi connectivity index (χ2n) is 4.71. The zero-order valence-corrected chi connectivity index (χ0v) is 11.0. The molecule has 0 saturated heterocycles. The maximum Gasteiger partial charge on any atom is 0.407 e. The molecule has 9 heteroatoms. The molecule has 0 atom stereocenters. The summed E-state index contributed by atoms with van der Waals surface area (Å²) in [5, 5.41) is 10.8. The number of rotatable bonds is 4. The highest BCUT2D eigenvalue weighted by Gasteiger charge is 2.15. The summed E-state index contributed by atoms with van der Waals surface area (Å²) in [5.74, 6) is -0.0226. The summed E-state index contributed by atoms with van der Waals surface area (Å²) in [6.07, 6.45) is -0.544. The highest BCUT2D eigenvalue weighted by atomic mass is 16.6. The SMILES string of the molecule is CC(C)(C)OC(=O)NCCNc1n[nH]c(=O)[nH]c1=O. The van der Waals surface area contributed by atoms with Crippen LogP contribution in [0.3, 0.4) is 0 Å². The Morgan fingerprint density at radius 2 is 2.00 bits per heavy atom.